The second kappa shape index (κ2) is 7.35. The normalized spacial score (nSPS) is 16.2. The number of nitrogens with one attached hydrogen (secondary N) is 1. The molecular weight excluding hydrogens is 336 g/mol. The second-order valence-electron chi connectivity index (χ2n) is 6.64. The number of ether oxygens (including phenoxy) is 1. The molecule has 0 fully saturated rings. The minimum absolute atomic E-state index is 0.148. The average Bonchev–Trinajstić information content (AvgIpc) is 2.92. The third kappa shape index (κ3) is 3.90. The summed E-state index contributed by atoms with van der Waals surface area (Å²) in [5.74, 6) is 0.0827. The first-order valence-corrected chi connectivity index (χ1v) is 9.28. The van der Waals surface area contributed by atoms with Crippen LogP contribution in [0.4, 0.5) is 5.00 Å². The van der Waals surface area contributed by atoms with Crippen molar-refractivity contribution in [3.63, 3.8) is 0 Å². The van der Waals surface area contributed by atoms with Crippen LogP contribution >= 0.6 is 11.3 Å². The predicted octanol–water partition coefficient (Wildman–Crippen LogP) is 2.89. The van der Waals surface area contributed by atoms with E-state index in [9.17, 15) is 9.59 Å². The van der Waals surface area contributed by atoms with E-state index in [0.29, 0.717) is 16.5 Å². The van der Waals surface area contributed by atoms with E-state index in [2.05, 4.69) is 12.2 Å². The van der Waals surface area contributed by atoms with E-state index in [4.69, 9.17) is 4.74 Å². The van der Waals surface area contributed by atoms with Crippen molar-refractivity contribution in [3.05, 3.63) is 46.1 Å². The Hall–Kier alpha value is -2.21. The fraction of sp³-hybridized carbons (Fsp3) is 0.421. The zero-order valence-corrected chi connectivity index (χ0v) is 15.6. The zero-order valence-electron chi connectivity index (χ0n) is 14.8. The Morgan fingerprint density at radius 3 is 2.76 bits per heavy atom. The molecule has 1 atom stereocenters. The smallest absolute Gasteiger partial charge is 0.341 e. The van der Waals surface area contributed by atoms with Crippen molar-refractivity contribution in [2.45, 2.75) is 39.7 Å². The number of aromatic nitrogens is 1. The van der Waals surface area contributed by atoms with Crippen molar-refractivity contribution in [1.29, 1.82) is 0 Å². The third-order valence-electron chi connectivity index (χ3n) is 4.54. The second-order valence-corrected chi connectivity index (χ2v) is 7.75. The molecule has 1 aliphatic rings. The van der Waals surface area contributed by atoms with Gasteiger partial charge < -0.3 is 10.1 Å². The molecular formula is C19H23N2O3S+. The van der Waals surface area contributed by atoms with Crippen molar-refractivity contribution in [1.82, 2.24) is 0 Å². The van der Waals surface area contributed by atoms with E-state index in [-0.39, 0.29) is 18.4 Å². The maximum atomic E-state index is 12.4. The highest BCUT2D eigenvalue weighted by Gasteiger charge is 2.29. The van der Waals surface area contributed by atoms with E-state index in [1.165, 1.54) is 23.3 Å². The van der Waals surface area contributed by atoms with Gasteiger partial charge in [0.1, 0.15) is 5.00 Å². The summed E-state index contributed by atoms with van der Waals surface area (Å²) in [5.41, 5.74) is 2.73. The number of fused-ring (bicyclic) bond motifs is 1. The average molecular weight is 359 g/mol. The number of pyridine rings is 1. The molecule has 0 bridgehead atoms. The standard InChI is InChI=1S/C19H22N2O3S/c1-12-6-8-21(9-7-12)11-16(22)20-18-17(19(23)24-3)14-5-4-13(2)10-15(14)25-18/h6-9,13H,4-5,10-11H2,1-3H3/p+1/t13-/m0/s1. The van der Waals surface area contributed by atoms with Crippen LogP contribution in [0.2, 0.25) is 0 Å². The molecule has 132 valence electrons. The number of carbonyl (C=O) groups is 2. The highest BCUT2D eigenvalue weighted by Crippen LogP contribution is 2.39. The fourth-order valence-corrected chi connectivity index (χ4v) is 4.54. The first-order valence-electron chi connectivity index (χ1n) is 8.46. The molecule has 1 N–H and O–H groups in total. The van der Waals surface area contributed by atoms with Crippen LogP contribution in [0.25, 0.3) is 0 Å². The van der Waals surface area contributed by atoms with Crippen LogP contribution in [0.15, 0.2) is 24.5 Å². The number of rotatable bonds is 4. The molecule has 0 radical (unpaired) electrons. The van der Waals surface area contributed by atoms with Crippen LogP contribution < -0.4 is 9.88 Å². The highest BCUT2D eigenvalue weighted by atomic mass is 32.1. The van der Waals surface area contributed by atoms with Crippen LogP contribution in [0.5, 0.6) is 0 Å². The SMILES string of the molecule is COC(=O)c1c(NC(=O)C[n+]2ccc(C)cc2)sc2c1CC[C@H](C)C2. The number of methoxy groups -OCH3 is 1. The van der Waals surface area contributed by atoms with Crippen LogP contribution in [-0.2, 0) is 28.9 Å². The lowest BCUT2D eigenvalue weighted by molar-refractivity contribution is -0.684. The number of anilines is 1. The van der Waals surface area contributed by atoms with Crippen LogP contribution in [0, 0.1) is 12.8 Å². The summed E-state index contributed by atoms with van der Waals surface area (Å²) in [7, 11) is 1.38. The maximum absolute atomic E-state index is 12.4. The quantitative estimate of drug-likeness (QED) is 0.674. The lowest BCUT2D eigenvalue weighted by atomic mass is 9.88. The van der Waals surface area contributed by atoms with Gasteiger partial charge in [-0.25, -0.2) is 4.79 Å². The molecule has 2 aromatic rings. The van der Waals surface area contributed by atoms with Crippen LogP contribution in [0.3, 0.4) is 0 Å². The van der Waals surface area contributed by atoms with E-state index >= 15 is 0 Å². The summed E-state index contributed by atoms with van der Waals surface area (Å²) in [5, 5.41) is 3.53. The molecule has 3 rings (SSSR count). The lowest BCUT2D eigenvalue weighted by Crippen LogP contribution is -2.39. The third-order valence-corrected chi connectivity index (χ3v) is 5.71. The van der Waals surface area contributed by atoms with Gasteiger partial charge in [0, 0.05) is 17.0 Å². The van der Waals surface area contributed by atoms with Crippen molar-refractivity contribution in [3.8, 4) is 0 Å². The first-order chi connectivity index (χ1) is 12.0. The topological polar surface area (TPSA) is 59.3 Å². The number of thiophene rings is 1. The van der Waals surface area contributed by atoms with Crippen molar-refractivity contribution in [2.24, 2.45) is 5.92 Å². The Balaban J connectivity index is 1.82. The minimum atomic E-state index is -0.370. The minimum Gasteiger partial charge on any atom is -0.465 e. The molecule has 5 nitrogen and oxygen atoms in total. The summed E-state index contributed by atoms with van der Waals surface area (Å²) in [6.07, 6.45) is 6.61. The molecule has 2 heterocycles. The number of carbonyl (C=O) groups excluding carboxylic acids is 2. The van der Waals surface area contributed by atoms with Crippen molar-refractivity contribution in [2.75, 3.05) is 12.4 Å². The van der Waals surface area contributed by atoms with Crippen molar-refractivity contribution < 1.29 is 18.9 Å². The molecule has 0 spiro atoms. The van der Waals surface area contributed by atoms with Crippen molar-refractivity contribution >= 4 is 28.2 Å². The highest BCUT2D eigenvalue weighted by molar-refractivity contribution is 7.17. The van der Waals surface area contributed by atoms with Gasteiger partial charge in [-0.2, -0.15) is 4.57 Å². The van der Waals surface area contributed by atoms with E-state index in [0.717, 1.165) is 30.4 Å². The summed E-state index contributed by atoms with van der Waals surface area (Å²) < 4.78 is 6.77. The molecule has 25 heavy (non-hydrogen) atoms. The molecule has 0 aromatic carbocycles. The molecule has 2 aromatic heterocycles. The van der Waals surface area contributed by atoms with E-state index in [1.54, 1.807) is 0 Å². The largest absolute Gasteiger partial charge is 0.465 e. The number of esters is 1. The van der Waals surface area contributed by atoms with E-state index in [1.807, 2.05) is 36.0 Å². The van der Waals surface area contributed by atoms with Crippen LogP contribution in [0.1, 0.15) is 39.7 Å². The number of aryl methyl sites for hydroxylation is 1. The van der Waals surface area contributed by atoms with Gasteiger partial charge in [0.25, 0.3) is 5.91 Å². The first kappa shape index (κ1) is 17.6. The summed E-state index contributed by atoms with van der Waals surface area (Å²) >= 11 is 1.51. The van der Waals surface area contributed by atoms with Gasteiger partial charge in [0.05, 0.1) is 12.7 Å². The Kier molecular flexibility index (Phi) is 5.18. The number of hydrogen-bond acceptors (Lipinski definition) is 4. The lowest BCUT2D eigenvalue weighted by Gasteiger charge is -2.18. The van der Waals surface area contributed by atoms with E-state index < -0.39 is 0 Å². The fourth-order valence-electron chi connectivity index (χ4n) is 3.13. The van der Waals surface area contributed by atoms with Gasteiger partial charge >= 0.3 is 5.97 Å². The Morgan fingerprint density at radius 1 is 1.36 bits per heavy atom. The monoisotopic (exact) mass is 359 g/mol. The van der Waals surface area contributed by atoms with Gasteiger partial charge in [-0.1, -0.05) is 6.92 Å². The summed E-state index contributed by atoms with van der Waals surface area (Å²) in [6, 6.07) is 3.91. The number of nitrogens with zero attached hydrogens (tertiary/aromatic N) is 1. The summed E-state index contributed by atoms with van der Waals surface area (Å²) in [6.45, 7) is 4.43. The Bertz CT molecular complexity index is 796. The predicted molar refractivity (Wildman–Crippen MR) is 96.9 cm³/mol. The zero-order chi connectivity index (χ0) is 18.0. The maximum Gasteiger partial charge on any atom is 0.341 e. The molecule has 0 saturated heterocycles. The molecule has 1 amide bonds. The van der Waals surface area contributed by atoms with Gasteiger partial charge in [0.15, 0.2) is 12.4 Å². The molecule has 0 saturated carbocycles. The Morgan fingerprint density at radius 2 is 2.08 bits per heavy atom. The molecule has 1 aliphatic carbocycles. The molecule has 0 aliphatic heterocycles. The van der Waals surface area contributed by atoms with Gasteiger partial charge in [0.2, 0.25) is 6.54 Å². The van der Waals surface area contributed by atoms with Crippen LogP contribution in [-0.4, -0.2) is 19.0 Å². The number of hydrogen-bond donors (Lipinski definition) is 1. The molecule has 0 unspecified atom stereocenters. The summed E-state index contributed by atoms with van der Waals surface area (Å²) in [4.78, 5) is 25.9. The van der Waals surface area contributed by atoms with Gasteiger partial charge in [-0.15, -0.1) is 11.3 Å². The molecule has 6 heteroatoms. The van der Waals surface area contributed by atoms with Gasteiger partial charge in [-0.3, -0.25) is 4.79 Å². The number of amides is 1. The Labute approximate surface area is 151 Å². The van der Waals surface area contributed by atoms with Gasteiger partial charge in [-0.05, 0) is 43.2 Å².